The lowest BCUT2D eigenvalue weighted by atomic mass is 9.92. The van der Waals surface area contributed by atoms with Gasteiger partial charge >= 0.3 is 0 Å². The summed E-state index contributed by atoms with van der Waals surface area (Å²) in [7, 11) is 6.10. The molecular weight excluding hydrogens is 383 g/mol. The zero-order valence-electron chi connectivity index (χ0n) is 16.8. The molecule has 150 valence electrons. The highest BCUT2D eigenvalue weighted by atomic mass is 32.2. The van der Waals surface area contributed by atoms with Gasteiger partial charge < -0.3 is 5.11 Å². The van der Waals surface area contributed by atoms with Crippen molar-refractivity contribution >= 4 is 43.3 Å². The smallest absolute Gasteiger partial charge is 0.290 e. The van der Waals surface area contributed by atoms with Crippen molar-refractivity contribution in [1.82, 2.24) is 0 Å². The van der Waals surface area contributed by atoms with E-state index in [2.05, 4.69) is 72.9 Å². The number of carbonyl (C=O) groups is 1. The van der Waals surface area contributed by atoms with Crippen LogP contribution in [-0.4, -0.2) is 30.4 Å². The number of unbranched alkanes of at least 4 members (excludes halogenated alkanes) is 2. The lowest BCUT2D eigenvalue weighted by molar-refractivity contribution is -0.122. The van der Waals surface area contributed by atoms with Gasteiger partial charge in [0.2, 0.25) is 0 Å². The average molecular weight is 414 g/mol. The van der Waals surface area contributed by atoms with Crippen LogP contribution in [0, 0.1) is 0 Å². The maximum atomic E-state index is 8.36. The highest BCUT2D eigenvalue weighted by molar-refractivity contribution is 7.99. The highest BCUT2D eigenvalue weighted by Gasteiger charge is 2.10. The molecule has 0 aliphatic carbocycles. The Balaban J connectivity index is 0.00000122. The zero-order valence-corrected chi connectivity index (χ0v) is 18.4. The van der Waals surface area contributed by atoms with E-state index in [1.807, 2.05) is 12.1 Å². The fourth-order valence-electron chi connectivity index (χ4n) is 2.79. The van der Waals surface area contributed by atoms with E-state index in [-0.39, 0.29) is 6.47 Å². The molecule has 1 unspecified atom stereocenters. The maximum absolute atomic E-state index is 8.36. The molecule has 0 spiro atoms. The van der Waals surface area contributed by atoms with Crippen molar-refractivity contribution in [1.29, 1.82) is 0 Å². The van der Waals surface area contributed by atoms with Crippen molar-refractivity contribution in [3.8, 4) is 0 Å². The number of carboxylic acid groups (broad SMARTS) is 1. The Labute approximate surface area is 180 Å². The van der Waals surface area contributed by atoms with Crippen molar-refractivity contribution < 1.29 is 9.90 Å². The lowest BCUT2D eigenvalue weighted by Gasteiger charge is -2.17. The largest absolute Gasteiger partial charge is 0.483 e. The Hall–Kier alpha value is -1.33. The summed E-state index contributed by atoms with van der Waals surface area (Å²) in [6.07, 6.45) is 6.62. The predicted octanol–water partition coefficient (Wildman–Crippen LogP) is 5.69. The number of rotatable bonds is 12. The first-order chi connectivity index (χ1) is 13.7. The summed E-state index contributed by atoms with van der Waals surface area (Å²) >= 11 is 4.15. The van der Waals surface area contributed by atoms with E-state index in [0.717, 1.165) is 22.2 Å². The van der Waals surface area contributed by atoms with Crippen LogP contribution in [-0.2, 0) is 16.3 Å². The van der Waals surface area contributed by atoms with E-state index in [1.165, 1.54) is 49.0 Å². The zero-order chi connectivity index (χ0) is 20.5. The third-order valence-electron chi connectivity index (χ3n) is 4.36. The van der Waals surface area contributed by atoms with Crippen molar-refractivity contribution in [3.63, 3.8) is 0 Å². The van der Waals surface area contributed by atoms with Crippen LogP contribution in [0.3, 0.4) is 0 Å². The molecule has 1 N–H and O–H groups in total. The van der Waals surface area contributed by atoms with E-state index in [1.54, 1.807) is 0 Å². The van der Waals surface area contributed by atoms with Gasteiger partial charge in [-0.05, 0) is 29.7 Å². The van der Waals surface area contributed by atoms with Crippen LogP contribution in [0.25, 0.3) is 0 Å². The molecule has 2 rings (SSSR count). The summed E-state index contributed by atoms with van der Waals surface area (Å²) in [6, 6.07) is 19.1. The SMILES string of the molecule is O=CO.[B]c1ccccc1CSC(CCCCC)CCSCc1ccccc1. The van der Waals surface area contributed by atoms with Crippen molar-refractivity contribution in [2.75, 3.05) is 5.75 Å². The van der Waals surface area contributed by atoms with Crippen LogP contribution in [0.5, 0.6) is 0 Å². The second-order valence-electron chi connectivity index (χ2n) is 6.56. The lowest BCUT2D eigenvalue weighted by Crippen LogP contribution is -2.11. The van der Waals surface area contributed by atoms with E-state index >= 15 is 0 Å². The molecule has 0 amide bonds. The Bertz CT molecular complexity index is 638. The summed E-state index contributed by atoms with van der Waals surface area (Å²) in [5.41, 5.74) is 3.64. The van der Waals surface area contributed by atoms with Crippen LogP contribution in [0.1, 0.15) is 50.2 Å². The van der Waals surface area contributed by atoms with Crippen LogP contribution in [0.15, 0.2) is 54.6 Å². The number of hydrogen-bond acceptors (Lipinski definition) is 3. The molecule has 0 fully saturated rings. The van der Waals surface area contributed by atoms with Crippen LogP contribution in [0.4, 0.5) is 0 Å². The van der Waals surface area contributed by atoms with E-state index in [0.29, 0.717) is 0 Å². The molecule has 2 radical (unpaired) electrons. The number of benzene rings is 2. The summed E-state index contributed by atoms with van der Waals surface area (Å²) in [5, 5.41) is 7.63. The first-order valence-corrected chi connectivity index (χ1v) is 12.1. The van der Waals surface area contributed by atoms with Gasteiger partial charge in [-0.3, -0.25) is 4.79 Å². The number of thioether (sulfide) groups is 2. The maximum Gasteiger partial charge on any atom is 0.290 e. The van der Waals surface area contributed by atoms with Gasteiger partial charge in [0.1, 0.15) is 7.85 Å². The quantitative estimate of drug-likeness (QED) is 0.275. The minimum absolute atomic E-state index is 0.250. The van der Waals surface area contributed by atoms with E-state index in [4.69, 9.17) is 17.7 Å². The molecule has 2 aromatic carbocycles. The first kappa shape index (κ1) is 24.7. The fourth-order valence-corrected chi connectivity index (χ4v) is 5.25. The van der Waals surface area contributed by atoms with Gasteiger partial charge in [-0.15, -0.1) is 0 Å². The molecule has 28 heavy (non-hydrogen) atoms. The van der Waals surface area contributed by atoms with Gasteiger partial charge in [-0.25, -0.2) is 0 Å². The minimum atomic E-state index is -0.250. The monoisotopic (exact) mass is 414 g/mol. The normalized spacial score (nSPS) is 11.3. The molecule has 1 atom stereocenters. The van der Waals surface area contributed by atoms with Gasteiger partial charge in [0.25, 0.3) is 6.47 Å². The molecule has 2 nitrogen and oxygen atoms in total. The Kier molecular flexibility index (Phi) is 14.7. The van der Waals surface area contributed by atoms with Crippen molar-refractivity contribution in [3.05, 3.63) is 65.7 Å². The third kappa shape index (κ3) is 11.5. The van der Waals surface area contributed by atoms with Crippen LogP contribution >= 0.6 is 23.5 Å². The van der Waals surface area contributed by atoms with E-state index < -0.39 is 0 Å². The second kappa shape index (κ2) is 16.6. The third-order valence-corrected chi connectivity index (χ3v) is 6.84. The second-order valence-corrected chi connectivity index (χ2v) is 8.95. The number of hydrogen-bond donors (Lipinski definition) is 1. The molecule has 0 aliphatic rings. The molecule has 0 saturated heterocycles. The minimum Gasteiger partial charge on any atom is -0.483 e. The van der Waals surface area contributed by atoms with Crippen LogP contribution < -0.4 is 5.46 Å². The van der Waals surface area contributed by atoms with Crippen molar-refractivity contribution in [2.45, 2.75) is 55.8 Å². The standard InChI is InChI=1S/C22H29BS2.CH2O2/c1-2-3-5-13-21(25-18-20-12-8-9-14-22(20)23)15-16-24-17-19-10-6-4-7-11-19;2-1-3/h4,6-12,14,21H,2-3,5,13,15-18H2,1H3;1H,(H,2,3). The van der Waals surface area contributed by atoms with Gasteiger partial charge in [-0.1, -0.05) is 86.2 Å². The Morgan fingerprint density at radius 3 is 2.36 bits per heavy atom. The Morgan fingerprint density at radius 2 is 1.68 bits per heavy atom. The van der Waals surface area contributed by atoms with Gasteiger partial charge in [-0.2, -0.15) is 23.5 Å². The summed E-state index contributed by atoms with van der Waals surface area (Å²) in [6.45, 7) is 2.03. The first-order valence-electron chi connectivity index (χ1n) is 9.85. The van der Waals surface area contributed by atoms with Crippen LogP contribution in [0.2, 0.25) is 0 Å². The molecule has 2 aromatic rings. The molecule has 5 heteroatoms. The van der Waals surface area contributed by atoms with Gasteiger partial charge in [0.15, 0.2) is 0 Å². The summed E-state index contributed by atoms with van der Waals surface area (Å²) in [4.78, 5) is 8.36. The molecule has 0 bridgehead atoms. The van der Waals surface area contributed by atoms with Gasteiger partial charge in [0.05, 0.1) is 0 Å². The average Bonchev–Trinajstić information content (AvgIpc) is 2.71. The molecule has 0 heterocycles. The summed E-state index contributed by atoms with van der Waals surface area (Å²) < 4.78 is 0. The molecule has 0 aromatic heterocycles. The highest BCUT2D eigenvalue weighted by Crippen LogP contribution is 2.26. The fraction of sp³-hybridized carbons (Fsp3) is 0.435. The molecule has 0 aliphatic heterocycles. The predicted molar refractivity (Wildman–Crippen MR) is 127 cm³/mol. The summed E-state index contributed by atoms with van der Waals surface area (Å²) in [5.74, 6) is 3.40. The topological polar surface area (TPSA) is 37.3 Å². The molecular formula is C23H31BO2S2. The van der Waals surface area contributed by atoms with Crippen molar-refractivity contribution in [2.24, 2.45) is 0 Å². The van der Waals surface area contributed by atoms with Gasteiger partial charge in [0, 0.05) is 16.8 Å². The Morgan fingerprint density at radius 1 is 1.00 bits per heavy atom. The van der Waals surface area contributed by atoms with E-state index in [9.17, 15) is 0 Å². The molecule has 0 saturated carbocycles.